The lowest BCUT2D eigenvalue weighted by molar-refractivity contribution is 0.0741. The second-order valence-corrected chi connectivity index (χ2v) is 6.74. The molecule has 1 heterocycles. The highest BCUT2D eigenvalue weighted by molar-refractivity contribution is 5.96. The first-order valence-electron chi connectivity index (χ1n) is 9.22. The summed E-state index contributed by atoms with van der Waals surface area (Å²) in [5.74, 6) is -2.73. The average molecular weight is 390 g/mol. The van der Waals surface area contributed by atoms with Gasteiger partial charge in [0.05, 0.1) is 11.3 Å². The topological polar surface area (TPSA) is 40.6 Å². The third kappa shape index (κ3) is 4.18. The number of Topliss-reactive ketones (excluding diaryl/α,β-unsaturated/α-hetero) is 1. The number of carbonyl (C=O) groups excluding carboxylic acids is 2. The van der Waals surface area contributed by atoms with Gasteiger partial charge in [-0.25, -0.2) is 13.2 Å². The number of hydrogen-bond donors (Lipinski definition) is 0. The van der Waals surface area contributed by atoms with E-state index in [9.17, 15) is 22.8 Å². The van der Waals surface area contributed by atoms with Crippen LogP contribution in [-0.2, 0) is 0 Å². The number of amides is 1. The zero-order valence-corrected chi connectivity index (χ0v) is 15.6. The molecule has 0 atom stereocenters. The Morgan fingerprint density at radius 3 is 2.25 bits per heavy atom. The lowest BCUT2D eigenvalue weighted by Crippen LogP contribution is -2.49. The fourth-order valence-corrected chi connectivity index (χ4v) is 3.29. The molecule has 2 aromatic carbocycles. The summed E-state index contributed by atoms with van der Waals surface area (Å²) in [5, 5.41) is 0. The predicted molar refractivity (Wildman–Crippen MR) is 100 cm³/mol. The van der Waals surface area contributed by atoms with Crippen LogP contribution in [0.25, 0.3) is 0 Å². The molecule has 0 aliphatic carbocycles. The second kappa shape index (κ2) is 8.46. The van der Waals surface area contributed by atoms with Gasteiger partial charge in [0, 0.05) is 44.2 Å². The summed E-state index contributed by atoms with van der Waals surface area (Å²) in [7, 11) is 0. The molecule has 0 unspecified atom stereocenters. The summed E-state index contributed by atoms with van der Waals surface area (Å²) >= 11 is 0. The van der Waals surface area contributed by atoms with E-state index in [4.69, 9.17) is 0 Å². The van der Waals surface area contributed by atoms with E-state index in [-0.39, 0.29) is 24.4 Å². The van der Waals surface area contributed by atoms with E-state index in [1.165, 1.54) is 11.0 Å². The third-order valence-corrected chi connectivity index (χ3v) is 4.82. The van der Waals surface area contributed by atoms with Gasteiger partial charge in [-0.3, -0.25) is 9.59 Å². The summed E-state index contributed by atoms with van der Waals surface area (Å²) in [4.78, 5) is 27.6. The average Bonchev–Trinajstić information content (AvgIpc) is 2.68. The monoisotopic (exact) mass is 390 g/mol. The molecule has 1 saturated heterocycles. The first-order valence-corrected chi connectivity index (χ1v) is 9.22. The number of hydrogen-bond acceptors (Lipinski definition) is 3. The molecule has 0 radical (unpaired) electrons. The number of carbonyl (C=O) groups is 2. The number of halogens is 3. The van der Waals surface area contributed by atoms with Crippen molar-refractivity contribution in [1.82, 2.24) is 4.90 Å². The highest BCUT2D eigenvalue weighted by Gasteiger charge is 2.25. The fraction of sp³-hybridized carbons (Fsp3) is 0.333. The van der Waals surface area contributed by atoms with Gasteiger partial charge >= 0.3 is 0 Å². The van der Waals surface area contributed by atoms with E-state index in [0.29, 0.717) is 43.2 Å². The fourth-order valence-electron chi connectivity index (χ4n) is 3.29. The van der Waals surface area contributed by atoms with Crippen LogP contribution in [-0.4, -0.2) is 42.8 Å². The van der Waals surface area contributed by atoms with Gasteiger partial charge in [0.2, 0.25) is 0 Å². The van der Waals surface area contributed by atoms with Crippen LogP contribution in [0.4, 0.5) is 18.9 Å². The lowest BCUT2D eigenvalue weighted by atomic mass is 10.1. The number of anilines is 1. The van der Waals surface area contributed by atoms with Gasteiger partial charge in [0.15, 0.2) is 5.78 Å². The molecule has 0 bridgehead atoms. The molecule has 1 amide bonds. The van der Waals surface area contributed by atoms with Gasteiger partial charge in [-0.2, -0.15) is 0 Å². The highest BCUT2D eigenvalue weighted by atomic mass is 19.1. The van der Waals surface area contributed by atoms with Gasteiger partial charge in [-0.05, 0) is 36.8 Å². The number of benzene rings is 2. The lowest BCUT2D eigenvalue weighted by Gasteiger charge is -2.36. The highest BCUT2D eigenvalue weighted by Crippen LogP contribution is 2.23. The summed E-state index contributed by atoms with van der Waals surface area (Å²) < 4.78 is 41.3. The summed E-state index contributed by atoms with van der Waals surface area (Å²) in [6, 6.07) is 7.30. The first-order chi connectivity index (χ1) is 13.4. The summed E-state index contributed by atoms with van der Waals surface area (Å²) in [6.45, 7) is 3.19. The largest absolute Gasteiger partial charge is 0.366 e. The van der Waals surface area contributed by atoms with Crippen molar-refractivity contribution >= 4 is 17.4 Å². The minimum atomic E-state index is -0.897. The molecule has 4 nitrogen and oxygen atoms in total. The maximum absolute atomic E-state index is 14.5. The van der Waals surface area contributed by atoms with E-state index < -0.39 is 23.4 Å². The van der Waals surface area contributed by atoms with Crippen molar-refractivity contribution in [2.24, 2.45) is 0 Å². The Morgan fingerprint density at radius 1 is 0.929 bits per heavy atom. The van der Waals surface area contributed by atoms with Crippen molar-refractivity contribution < 1.29 is 22.8 Å². The van der Waals surface area contributed by atoms with Crippen LogP contribution in [0.3, 0.4) is 0 Å². The van der Waals surface area contributed by atoms with E-state index >= 15 is 0 Å². The Labute approximate surface area is 161 Å². The van der Waals surface area contributed by atoms with Crippen molar-refractivity contribution in [2.45, 2.75) is 19.8 Å². The molecular weight excluding hydrogens is 369 g/mol. The van der Waals surface area contributed by atoms with Gasteiger partial charge in [0.1, 0.15) is 17.5 Å². The Balaban J connectivity index is 1.66. The second-order valence-electron chi connectivity index (χ2n) is 6.74. The minimum Gasteiger partial charge on any atom is -0.366 e. The summed E-state index contributed by atoms with van der Waals surface area (Å²) in [6.07, 6.45) is 1.08. The molecule has 0 saturated carbocycles. The van der Waals surface area contributed by atoms with E-state index in [0.717, 1.165) is 12.1 Å². The molecular formula is C21H21F3N2O2. The van der Waals surface area contributed by atoms with Gasteiger partial charge in [0.25, 0.3) is 5.91 Å². The molecule has 2 aromatic rings. The molecule has 7 heteroatoms. The molecule has 1 fully saturated rings. The SMILES string of the molecule is CCCC(=O)c1ccc(N2CCN(C(=O)c3ccc(F)cc3F)CC2)c(F)c1. The molecule has 1 aliphatic heterocycles. The van der Waals surface area contributed by atoms with Crippen LogP contribution in [0.5, 0.6) is 0 Å². The Kier molecular flexibility index (Phi) is 6.02. The van der Waals surface area contributed by atoms with Gasteiger partial charge < -0.3 is 9.80 Å². The molecule has 0 N–H and O–H groups in total. The molecule has 28 heavy (non-hydrogen) atoms. The maximum Gasteiger partial charge on any atom is 0.256 e. The minimum absolute atomic E-state index is 0.0929. The molecule has 3 rings (SSSR count). The smallest absolute Gasteiger partial charge is 0.256 e. The van der Waals surface area contributed by atoms with Crippen LogP contribution in [0.15, 0.2) is 36.4 Å². The predicted octanol–water partition coefficient (Wildman–Crippen LogP) is 4.05. The molecule has 1 aliphatic rings. The molecule has 148 valence electrons. The van der Waals surface area contributed by atoms with Crippen LogP contribution in [0.1, 0.15) is 40.5 Å². The zero-order chi connectivity index (χ0) is 20.3. The third-order valence-electron chi connectivity index (χ3n) is 4.82. The quantitative estimate of drug-likeness (QED) is 0.724. The number of piperazine rings is 1. The zero-order valence-electron chi connectivity index (χ0n) is 15.6. The first kappa shape index (κ1) is 19.9. The Morgan fingerprint density at radius 2 is 1.64 bits per heavy atom. The number of ketones is 1. The molecule has 0 spiro atoms. The van der Waals surface area contributed by atoms with E-state index in [2.05, 4.69) is 0 Å². The maximum atomic E-state index is 14.5. The van der Waals surface area contributed by atoms with E-state index in [1.807, 2.05) is 6.92 Å². The number of nitrogens with zero attached hydrogens (tertiary/aromatic N) is 2. The van der Waals surface area contributed by atoms with Crippen LogP contribution in [0, 0.1) is 17.5 Å². The summed E-state index contributed by atoms with van der Waals surface area (Å²) in [5.41, 5.74) is 0.539. The van der Waals surface area contributed by atoms with Crippen molar-refractivity contribution in [2.75, 3.05) is 31.1 Å². The van der Waals surface area contributed by atoms with Gasteiger partial charge in [-0.15, -0.1) is 0 Å². The van der Waals surface area contributed by atoms with Crippen molar-refractivity contribution in [3.05, 3.63) is 65.0 Å². The number of rotatable bonds is 5. The van der Waals surface area contributed by atoms with Gasteiger partial charge in [-0.1, -0.05) is 6.92 Å². The molecule has 0 aromatic heterocycles. The standard InChI is InChI=1S/C21H21F3N2O2/c1-2-3-20(27)14-4-7-19(18(24)12-14)25-8-10-26(11-9-25)21(28)16-6-5-15(22)13-17(16)23/h4-7,12-13H,2-3,8-11H2,1H3. The van der Waals surface area contributed by atoms with Crippen molar-refractivity contribution in [1.29, 1.82) is 0 Å². The normalized spacial score (nSPS) is 14.3. The van der Waals surface area contributed by atoms with Crippen LogP contribution < -0.4 is 4.90 Å². The van der Waals surface area contributed by atoms with Crippen LogP contribution in [0.2, 0.25) is 0 Å². The van der Waals surface area contributed by atoms with Crippen molar-refractivity contribution in [3.63, 3.8) is 0 Å². The van der Waals surface area contributed by atoms with E-state index in [1.54, 1.807) is 17.0 Å². The Bertz CT molecular complexity index is 893. The Hall–Kier alpha value is -2.83. The van der Waals surface area contributed by atoms with Crippen molar-refractivity contribution in [3.8, 4) is 0 Å². The van der Waals surface area contributed by atoms with Crippen LogP contribution >= 0.6 is 0 Å².